The smallest absolute Gasteiger partial charge is 0.0346 e. The molecule has 1 heteroatoms. The molecule has 0 atom stereocenters. The summed E-state index contributed by atoms with van der Waals surface area (Å²) in [6.45, 7) is 2.25. The summed E-state index contributed by atoms with van der Waals surface area (Å²) < 4.78 is 0. The molecular weight excluding hydrogens is 232 g/mol. The topological polar surface area (TPSA) is 0 Å². The maximum atomic E-state index is 2.35. The molecule has 18 heavy (non-hydrogen) atoms. The lowest BCUT2D eigenvalue weighted by molar-refractivity contribution is 1.40. The van der Waals surface area contributed by atoms with Crippen molar-refractivity contribution in [3.05, 3.63) is 70.6 Å². The van der Waals surface area contributed by atoms with Gasteiger partial charge in [-0.2, -0.15) is 0 Å². The van der Waals surface area contributed by atoms with Crippen LogP contribution in [0, 0.1) is 0 Å². The molecule has 0 heterocycles. The van der Waals surface area contributed by atoms with Gasteiger partial charge in [0.25, 0.3) is 0 Å². The largest absolute Gasteiger partial charge is 0.0622 e. The molecule has 87 valence electrons. The third-order valence-corrected chi connectivity index (χ3v) is 4.88. The summed E-state index contributed by atoms with van der Waals surface area (Å²) in [5.74, 6) is 0. The quantitative estimate of drug-likeness (QED) is 0.709. The Hall–Kier alpha value is -1.73. The van der Waals surface area contributed by atoms with Crippen LogP contribution in [0.1, 0.15) is 12.5 Å². The monoisotopic (exact) mass is 247 g/mol. The lowest BCUT2D eigenvalue weighted by Crippen LogP contribution is -2.21. The highest BCUT2D eigenvalue weighted by Gasteiger charge is 2.05. The van der Waals surface area contributed by atoms with E-state index in [4.69, 9.17) is 0 Å². The van der Waals surface area contributed by atoms with Crippen LogP contribution in [-0.4, -0.2) is 14.3 Å². The van der Waals surface area contributed by atoms with Gasteiger partial charge in [-0.1, -0.05) is 60.7 Å². The Kier molecular flexibility index (Phi) is 3.07. The van der Waals surface area contributed by atoms with E-state index in [-0.39, 0.29) is 0 Å². The number of fused-ring (bicyclic) bond motifs is 1. The van der Waals surface area contributed by atoms with Gasteiger partial charge in [-0.25, -0.2) is 0 Å². The van der Waals surface area contributed by atoms with Crippen molar-refractivity contribution in [2.24, 2.45) is 0 Å². The molecule has 0 aromatic heterocycles. The van der Waals surface area contributed by atoms with Crippen molar-refractivity contribution in [3.8, 4) is 0 Å². The average molecular weight is 247 g/mol. The third kappa shape index (κ3) is 2.14. The molecule has 0 aliphatic heterocycles. The Labute approximate surface area is 110 Å². The van der Waals surface area contributed by atoms with Crippen LogP contribution in [0.15, 0.2) is 54.6 Å². The second kappa shape index (κ2) is 4.87. The first-order chi connectivity index (χ1) is 8.84. The van der Waals surface area contributed by atoms with Gasteiger partial charge in [0, 0.05) is 9.13 Å². The number of hydrogen-bond donors (Lipinski definition) is 0. The molecule has 2 aromatic rings. The predicted octanol–water partition coefficient (Wildman–Crippen LogP) is 1.73. The Bertz CT molecular complexity index is 709. The van der Waals surface area contributed by atoms with Gasteiger partial charge in [0.05, 0.1) is 0 Å². The minimum atomic E-state index is 0.864. The molecule has 0 fully saturated rings. The van der Waals surface area contributed by atoms with Crippen molar-refractivity contribution in [2.75, 3.05) is 0 Å². The van der Waals surface area contributed by atoms with Crippen molar-refractivity contribution in [2.45, 2.75) is 13.0 Å². The summed E-state index contributed by atoms with van der Waals surface area (Å²) in [5, 5.41) is 4.30. The van der Waals surface area contributed by atoms with E-state index >= 15 is 0 Å². The lowest BCUT2D eigenvalue weighted by Gasteiger charge is -1.98. The zero-order chi connectivity index (χ0) is 12.4. The summed E-state index contributed by atoms with van der Waals surface area (Å²) in [4.78, 5) is 0. The lowest BCUT2D eigenvalue weighted by atomic mass is 10.2. The highest BCUT2D eigenvalue weighted by atomic mass is 28.2. The first-order valence-electron chi connectivity index (χ1n) is 6.27. The van der Waals surface area contributed by atoms with Crippen LogP contribution in [0.3, 0.4) is 0 Å². The maximum absolute atomic E-state index is 2.35. The summed E-state index contributed by atoms with van der Waals surface area (Å²) >= 11 is 0. The van der Waals surface area contributed by atoms with Crippen LogP contribution in [0.4, 0.5) is 0 Å². The second-order valence-corrected chi connectivity index (χ2v) is 5.86. The molecule has 0 bridgehead atoms. The zero-order valence-electron chi connectivity index (χ0n) is 10.5. The van der Waals surface area contributed by atoms with E-state index in [1.807, 2.05) is 0 Å². The number of hydrogen-bond acceptors (Lipinski definition) is 0. The molecule has 2 aromatic carbocycles. The Morgan fingerprint density at radius 1 is 0.889 bits per heavy atom. The van der Waals surface area contributed by atoms with Crippen LogP contribution in [0.2, 0.25) is 0 Å². The molecule has 0 unspecified atom stereocenters. The van der Waals surface area contributed by atoms with Crippen molar-refractivity contribution in [1.29, 1.82) is 0 Å². The van der Waals surface area contributed by atoms with Crippen molar-refractivity contribution < 1.29 is 0 Å². The van der Waals surface area contributed by atoms with Crippen LogP contribution < -0.4 is 10.4 Å². The van der Waals surface area contributed by atoms with Gasteiger partial charge in [0.2, 0.25) is 0 Å². The fourth-order valence-electron chi connectivity index (χ4n) is 2.35. The van der Waals surface area contributed by atoms with Crippen LogP contribution >= 0.6 is 0 Å². The van der Waals surface area contributed by atoms with E-state index < -0.39 is 0 Å². The summed E-state index contributed by atoms with van der Waals surface area (Å²) in [5.41, 5.74) is 2.89. The van der Waals surface area contributed by atoms with Gasteiger partial charge >= 0.3 is 0 Å². The van der Waals surface area contributed by atoms with E-state index in [1.165, 1.54) is 26.7 Å². The average Bonchev–Trinajstić information content (AvgIpc) is 2.75. The molecular formula is C17H15Si. The first kappa shape index (κ1) is 11.4. The normalized spacial score (nSPS) is 15.6. The van der Waals surface area contributed by atoms with E-state index in [2.05, 4.69) is 67.6 Å². The molecule has 0 saturated heterocycles. The van der Waals surface area contributed by atoms with E-state index in [1.54, 1.807) is 0 Å². The molecule has 0 saturated carbocycles. The van der Waals surface area contributed by atoms with Gasteiger partial charge in [-0.3, -0.25) is 0 Å². The van der Waals surface area contributed by atoms with E-state index in [9.17, 15) is 0 Å². The van der Waals surface area contributed by atoms with Gasteiger partial charge in [-0.15, -0.1) is 0 Å². The Morgan fingerprint density at radius 2 is 1.61 bits per heavy atom. The molecule has 0 amide bonds. The van der Waals surface area contributed by atoms with Crippen molar-refractivity contribution in [3.63, 3.8) is 0 Å². The van der Waals surface area contributed by atoms with Gasteiger partial charge < -0.3 is 0 Å². The van der Waals surface area contributed by atoms with Gasteiger partial charge in [-0.05, 0) is 39.7 Å². The fraction of sp³-hybridized carbons (Fsp3) is 0.118. The molecule has 0 N–H and O–H groups in total. The zero-order valence-corrected chi connectivity index (χ0v) is 11.5. The maximum Gasteiger partial charge on any atom is 0.0346 e. The van der Waals surface area contributed by atoms with E-state index in [0.29, 0.717) is 0 Å². The number of benzene rings is 2. The SMILES string of the molecule is CC1=c2ccccc2=CC1=[Si]Cc1ccccc1. The van der Waals surface area contributed by atoms with Gasteiger partial charge in [0.1, 0.15) is 0 Å². The predicted molar refractivity (Wildman–Crippen MR) is 80.1 cm³/mol. The Morgan fingerprint density at radius 3 is 2.39 bits per heavy atom. The Balaban J connectivity index is 1.95. The highest BCUT2D eigenvalue weighted by molar-refractivity contribution is 6.70. The second-order valence-electron chi connectivity index (χ2n) is 4.61. The molecule has 0 spiro atoms. The summed E-state index contributed by atoms with van der Waals surface area (Å²) in [7, 11) is 0.864. The molecule has 1 aliphatic carbocycles. The fourth-order valence-corrected chi connectivity index (χ4v) is 3.64. The first-order valence-corrected chi connectivity index (χ1v) is 7.48. The molecule has 1 aliphatic rings. The van der Waals surface area contributed by atoms with Crippen molar-refractivity contribution in [1.82, 2.24) is 0 Å². The number of rotatable bonds is 2. The highest BCUT2D eigenvalue weighted by Crippen LogP contribution is 2.02. The van der Waals surface area contributed by atoms with Crippen LogP contribution in [0.25, 0.3) is 11.6 Å². The molecule has 3 rings (SSSR count). The van der Waals surface area contributed by atoms with Gasteiger partial charge in [0.15, 0.2) is 0 Å². The molecule has 0 nitrogen and oxygen atoms in total. The third-order valence-electron chi connectivity index (χ3n) is 3.39. The minimum absolute atomic E-state index is 0.864. The van der Waals surface area contributed by atoms with Crippen LogP contribution in [0.5, 0.6) is 0 Å². The minimum Gasteiger partial charge on any atom is -0.0622 e. The summed E-state index contributed by atoms with van der Waals surface area (Å²) in [6, 6.07) is 20.6. The van der Waals surface area contributed by atoms with Crippen LogP contribution in [-0.2, 0) is 6.04 Å². The van der Waals surface area contributed by atoms with Crippen molar-refractivity contribution >= 4 is 25.9 Å². The molecule has 1 radical (unpaired) electrons. The standard InChI is InChI=1S/C17H15Si/c1-13-16-10-6-5-9-15(16)11-17(13)18-12-14-7-3-2-4-8-14/h2-11H,12H2,1H3. The van der Waals surface area contributed by atoms with E-state index in [0.717, 1.165) is 15.2 Å². The summed E-state index contributed by atoms with van der Waals surface area (Å²) in [6.07, 6.45) is 2.35.